The number of aromatic nitrogens is 1. The molecule has 1 aromatic carbocycles. The number of pyridine rings is 1. The molecule has 1 radical (unpaired) electrons. The Hall–Kier alpha value is -1.41. The van der Waals surface area contributed by atoms with Crippen molar-refractivity contribution in [1.29, 1.82) is 0 Å². The summed E-state index contributed by atoms with van der Waals surface area (Å²) in [4.78, 5) is 3.93. The minimum atomic E-state index is -0.381. The van der Waals surface area contributed by atoms with Crippen LogP contribution in [0.5, 0.6) is 0 Å². The Morgan fingerprint density at radius 1 is 1.29 bits per heavy atom. The van der Waals surface area contributed by atoms with Crippen molar-refractivity contribution in [2.75, 3.05) is 0 Å². The molecule has 3 heteroatoms. The molecule has 0 saturated heterocycles. The molecule has 0 aliphatic rings. The zero-order valence-electron chi connectivity index (χ0n) is 7.17. The Morgan fingerprint density at radius 3 is 2.86 bits per heavy atom. The summed E-state index contributed by atoms with van der Waals surface area (Å²) in [6.45, 7) is 0. The van der Waals surface area contributed by atoms with E-state index >= 15 is 0 Å². The first-order valence-electron chi connectivity index (χ1n) is 4.06. The first-order chi connectivity index (χ1) is 6.79. The summed E-state index contributed by atoms with van der Waals surface area (Å²) < 4.78 is 13.3. The van der Waals surface area contributed by atoms with Crippen LogP contribution < -0.4 is 0 Å². The number of hydrogen-bond donors (Lipinski definition) is 0. The molecule has 0 amide bonds. The third-order valence-electron chi connectivity index (χ3n) is 1.82. The van der Waals surface area contributed by atoms with Gasteiger partial charge in [-0.15, -0.1) is 0 Å². The minimum absolute atomic E-state index is 0.259. The van der Waals surface area contributed by atoms with E-state index in [1.165, 1.54) is 12.3 Å². The summed E-state index contributed by atoms with van der Waals surface area (Å²) in [5.41, 5.74) is 0.821. The molecule has 0 N–H and O–H groups in total. The molecule has 0 atom stereocenters. The molecule has 2 aromatic rings. The SMILES string of the molecule is Fc1cccnc1-c1ccc[c]c1Cl. The summed E-state index contributed by atoms with van der Waals surface area (Å²) in [6, 6.07) is 10.8. The smallest absolute Gasteiger partial charge is 0.149 e. The first-order valence-corrected chi connectivity index (χ1v) is 4.44. The highest BCUT2D eigenvalue weighted by Crippen LogP contribution is 2.26. The van der Waals surface area contributed by atoms with Crippen molar-refractivity contribution in [3.63, 3.8) is 0 Å². The van der Waals surface area contributed by atoms with Gasteiger partial charge >= 0.3 is 0 Å². The van der Waals surface area contributed by atoms with Gasteiger partial charge in [-0.3, -0.25) is 4.98 Å². The fraction of sp³-hybridized carbons (Fsp3) is 0. The molecule has 0 bridgehead atoms. The molecular formula is C11H6ClFN. The molecule has 0 aliphatic heterocycles. The maximum atomic E-state index is 13.3. The van der Waals surface area contributed by atoms with Gasteiger partial charge in [0.1, 0.15) is 11.5 Å². The number of rotatable bonds is 1. The second-order valence-corrected chi connectivity index (χ2v) is 3.11. The van der Waals surface area contributed by atoms with Crippen molar-refractivity contribution in [3.8, 4) is 11.3 Å². The van der Waals surface area contributed by atoms with Crippen molar-refractivity contribution < 1.29 is 4.39 Å². The van der Waals surface area contributed by atoms with Gasteiger partial charge in [0.05, 0.1) is 5.02 Å². The van der Waals surface area contributed by atoms with E-state index in [9.17, 15) is 4.39 Å². The fourth-order valence-corrected chi connectivity index (χ4v) is 1.40. The lowest BCUT2D eigenvalue weighted by atomic mass is 10.1. The van der Waals surface area contributed by atoms with Crippen molar-refractivity contribution in [1.82, 2.24) is 4.98 Å². The monoisotopic (exact) mass is 206 g/mol. The van der Waals surface area contributed by atoms with Gasteiger partial charge in [0.25, 0.3) is 0 Å². The van der Waals surface area contributed by atoms with Crippen LogP contribution in [-0.4, -0.2) is 4.98 Å². The predicted molar refractivity (Wildman–Crippen MR) is 53.5 cm³/mol. The second kappa shape index (κ2) is 3.76. The number of halogens is 2. The molecule has 0 spiro atoms. The van der Waals surface area contributed by atoms with Crippen LogP contribution in [0.2, 0.25) is 5.02 Å². The van der Waals surface area contributed by atoms with Crippen LogP contribution in [-0.2, 0) is 0 Å². The molecule has 0 fully saturated rings. The Kier molecular flexibility index (Phi) is 2.46. The highest BCUT2D eigenvalue weighted by atomic mass is 35.5. The van der Waals surface area contributed by atoms with E-state index in [4.69, 9.17) is 11.6 Å². The van der Waals surface area contributed by atoms with Gasteiger partial charge in [-0.25, -0.2) is 4.39 Å². The summed E-state index contributed by atoms with van der Waals surface area (Å²) >= 11 is 5.87. The van der Waals surface area contributed by atoms with Crippen LogP contribution in [0.4, 0.5) is 4.39 Å². The molecule has 0 aliphatic carbocycles. The lowest BCUT2D eigenvalue weighted by Crippen LogP contribution is -1.88. The van der Waals surface area contributed by atoms with Gasteiger partial charge in [0.2, 0.25) is 0 Å². The molecule has 69 valence electrons. The molecule has 2 rings (SSSR count). The molecule has 1 nitrogen and oxygen atoms in total. The second-order valence-electron chi connectivity index (χ2n) is 2.73. The third-order valence-corrected chi connectivity index (χ3v) is 2.13. The summed E-state index contributed by atoms with van der Waals surface area (Å²) in [5.74, 6) is -0.381. The molecule has 1 aromatic heterocycles. The van der Waals surface area contributed by atoms with Gasteiger partial charge in [-0.05, 0) is 12.1 Å². The van der Waals surface area contributed by atoms with E-state index in [2.05, 4.69) is 11.1 Å². The van der Waals surface area contributed by atoms with E-state index in [0.29, 0.717) is 10.6 Å². The van der Waals surface area contributed by atoms with Crippen LogP contribution in [0.15, 0.2) is 36.5 Å². The van der Waals surface area contributed by atoms with Gasteiger partial charge in [-0.2, -0.15) is 0 Å². The Balaban J connectivity index is 2.61. The Morgan fingerprint density at radius 2 is 2.14 bits per heavy atom. The standard InChI is InChI=1S/C11H6ClFN/c12-9-5-2-1-4-8(9)11-10(13)6-3-7-14-11/h1-4,6-7H. The minimum Gasteiger partial charge on any atom is -0.253 e. The highest BCUT2D eigenvalue weighted by Gasteiger charge is 2.08. The summed E-state index contributed by atoms with van der Waals surface area (Å²) in [7, 11) is 0. The molecule has 0 saturated carbocycles. The topological polar surface area (TPSA) is 12.9 Å². The largest absolute Gasteiger partial charge is 0.253 e. The number of benzene rings is 1. The highest BCUT2D eigenvalue weighted by molar-refractivity contribution is 6.33. The number of hydrogen-bond acceptors (Lipinski definition) is 1. The van der Waals surface area contributed by atoms with Gasteiger partial charge in [0, 0.05) is 17.8 Å². The van der Waals surface area contributed by atoms with Gasteiger partial charge in [0.15, 0.2) is 0 Å². The van der Waals surface area contributed by atoms with Crippen molar-refractivity contribution in [2.24, 2.45) is 0 Å². The quantitative estimate of drug-likeness (QED) is 0.698. The van der Waals surface area contributed by atoms with Crippen molar-refractivity contribution in [3.05, 3.63) is 53.4 Å². The first kappa shape index (κ1) is 9.16. The lowest BCUT2D eigenvalue weighted by molar-refractivity contribution is 0.626. The number of nitrogens with zero attached hydrogens (tertiary/aromatic N) is 1. The van der Waals surface area contributed by atoms with Crippen LogP contribution in [0.3, 0.4) is 0 Å². The summed E-state index contributed by atoms with van der Waals surface area (Å²) in [6.07, 6.45) is 1.53. The van der Waals surface area contributed by atoms with Crippen LogP contribution in [0.25, 0.3) is 11.3 Å². The van der Waals surface area contributed by atoms with Crippen molar-refractivity contribution in [2.45, 2.75) is 0 Å². The van der Waals surface area contributed by atoms with Gasteiger partial charge in [-0.1, -0.05) is 29.8 Å². The molecule has 1 heterocycles. The zero-order valence-corrected chi connectivity index (χ0v) is 7.92. The van der Waals surface area contributed by atoms with E-state index in [1.807, 2.05) is 0 Å². The van der Waals surface area contributed by atoms with E-state index in [0.717, 1.165) is 0 Å². The van der Waals surface area contributed by atoms with Crippen LogP contribution in [0.1, 0.15) is 0 Å². The summed E-state index contributed by atoms with van der Waals surface area (Å²) in [5, 5.41) is 0.380. The predicted octanol–water partition coefficient (Wildman–Crippen LogP) is 3.34. The van der Waals surface area contributed by atoms with Gasteiger partial charge < -0.3 is 0 Å². The van der Waals surface area contributed by atoms with Crippen LogP contribution in [0, 0.1) is 11.9 Å². The molecule has 0 unspecified atom stereocenters. The van der Waals surface area contributed by atoms with Crippen molar-refractivity contribution >= 4 is 11.6 Å². The maximum absolute atomic E-state index is 13.3. The van der Waals surface area contributed by atoms with E-state index < -0.39 is 0 Å². The average Bonchev–Trinajstić information content (AvgIpc) is 2.20. The lowest BCUT2D eigenvalue weighted by Gasteiger charge is -2.02. The average molecular weight is 207 g/mol. The van der Waals surface area contributed by atoms with Crippen LogP contribution >= 0.6 is 11.6 Å². The Labute approximate surface area is 86.2 Å². The van der Waals surface area contributed by atoms with E-state index in [1.54, 1.807) is 24.3 Å². The molecular weight excluding hydrogens is 201 g/mol. The Bertz CT molecular complexity index is 413. The normalized spacial score (nSPS) is 10.1. The molecule has 14 heavy (non-hydrogen) atoms. The maximum Gasteiger partial charge on any atom is 0.149 e. The fourth-order valence-electron chi connectivity index (χ4n) is 1.18. The van der Waals surface area contributed by atoms with E-state index in [-0.39, 0.29) is 11.5 Å². The zero-order chi connectivity index (χ0) is 9.97. The third kappa shape index (κ3) is 1.61.